The molecule has 1 saturated heterocycles. The summed E-state index contributed by atoms with van der Waals surface area (Å²) in [6.45, 7) is 7.04. The highest BCUT2D eigenvalue weighted by Crippen LogP contribution is 2.24. The number of aromatic nitrogens is 2. The van der Waals surface area contributed by atoms with Crippen LogP contribution in [-0.2, 0) is 4.74 Å². The van der Waals surface area contributed by atoms with E-state index in [2.05, 4.69) is 27.1 Å². The molecule has 0 saturated carbocycles. The Labute approximate surface area is 135 Å². The largest absolute Gasteiger partial charge is 0.378 e. The van der Waals surface area contributed by atoms with Crippen molar-refractivity contribution >= 4 is 22.6 Å². The third-order valence-electron chi connectivity index (χ3n) is 4.18. The molecule has 1 N–H and O–H groups in total. The van der Waals surface area contributed by atoms with E-state index in [1.165, 1.54) is 0 Å². The molecule has 1 amide bonds. The second-order valence-corrected chi connectivity index (χ2v) is 5.81. The minimum Gasteiger partial charge on any atom is -0.378 e. The quantitative estimate of drug-likeness (QED) is 0.935. The van der Waals surface area contributed by atoms with Crippen LogP contribution in [0.3, 0.4) is 0 Å². The first-order valence-electron chi connectivity index (χ1n) is 8.07. The van der Waals surface area contributed by atoms with E-state index in [-0.39, 0.29) is 11.9 Å². The Balaban J connectivity index is 1.95. The van der Waals surface area contributed by atoms with E-state index in [1.54, 1.807) is 6.33 Å². The summed E-state index contributed by atoms with van der Waals surface area (Å²) in [5.74, 6) is 0.814. The lowest BCUT2D eigenvalue weighted by molar-refractivity contribution is 0.0939. The molecule has 0 radical (unpaired) electrons. The van der Waals surface area contributed by atoms with Crippen molar-refractivity contribution < 1.29 is 9.53 Å². The maximum atomic E-state index is 12.4. The second kappa shape index (κ2) is 6.91. The summed E-state index contributed by atoms with van der Waals surface area (Å²) in [7, 11) is 0. The number of carbonyl (C=O) groups is 1. The van der Waals surface area contributed by atoms with Crippen molar-refractivity contribution in [2.45, 2.75) is 26.3 Å². The number of morpholine rings is 1. The lowest BCUT2D eigenvalue weighted by Crippen LogP contribution is -2.37. The van der Waals surface area contributed by atoms with E-state index in [0.29, 0.717) is 18.8 Å². The zero-order valence-electron chi connectivity index (χ0n) is 13.6. The molecule has 1 aromatic carbocycles. The van der Waals surface area contributed by atoms with E-state index >= 15 is 0 Å². The van der Waals surface area contributed by atoms with Gasteiger partial charge in [-0.25, -0.2) is 9.97 Å². The van der Waals surface area contributed by atoms with Crippen molar-refractivity contribution in [1.82, 2.24) is 15.3 Å². The van der Waals surface area contributed by atoms with Crippen LogP contribution in [0, 0.1) is 0 Å². The molecular weight excluding hydrogens is 292 g/mol. The maximum Gasteiger partial charge on any atom is 0.251 e. The lowest BCUT2D eigenvalue weighted by Gasteiger charge is -2.28. The number of amides is 1. The highest BCUT2D eigenvalue weighted by Gasteiger charge is 2.17. The van der Waals surface area contributed by atoms with E-state index < -0.39 is 0 Å². The van der Waals surface area contributed by atoms with Gasteiger partial charge in [0.1, 0.15) is 12.1 Å². The summed E-state index contributed by atoms with van der Waals surface area (Å²) in [6.07, 6.45) is 2.48. The molecule has 1 aromatic heterocycles. The van der Waals surface area contributed by atoms with Crippen LogP contribution in [0.15, 0.2) is 24.5 Å². The molecule has 2 aromatic rings. The van der Waals surface area contributed by atoms with Gasteiger partial charge in [-0.15, -0.1) is 0 Å². The van der Waals surface area contributed by atoms with Gasteiger partial charge in [0.25, 0.3) is 5.91 Å². The number of ether oxygens (including phenoxy) is 1. The number of hydrogen-bond donors (Lipinski definition) is 1. The Morgan fingerprint density at radius 1 is 1.35 bits per heavy atom. The van der Waals surface area contributed by atoms with Crippen molar-refractivity contribution in [2.75, 3.05) is 31.2 Å². The molecule has 1 atom stereocenters. The Morgan fingerprint density at radius 3 is 2.87 bits per heavy atom. The van der Waals surface area contributed by atoms with Crippen molar-refractivity contribution in [2.24, 2.45) is 0 Å². The van der Waals surface area contributed by atoms with E-state index in [1.807, 2.05) is 25.1 Å². The average molecular weight is 314 g/mol. The van der Waals surface area contributed by atoms with Gasteiger partial charge in [0.15, 0.2) is 0 Å². The summed E-state index contributed by atoms with van der Waals surface area (Å²) < 4.78 is 5.40. The Kier molecular flexibility index (Phi) is 4.71. The molecule has 0 unspecified atom stereocenters. The Hall–Kier alpha value is -2.21. The predicted octanol–water partition coefficient (Wildman–Crippen LogP) is 1.99. The van der Waals surface area contributed by atoms with Gasteiger partial charge in [0.2, 0.25) is 0 Å². The summed E-state index contributed by atoms with van der Waals surface area (Å²) in [5, 5.41) is 3.90. The highest BCUT2D eigenvalue weighted by atomic mass is 16.5. The smallest absolute Gasteiger partial charge is 0.251 e. The van der Waals surface area contributed by atoms with Crippen molar-refractivity contribution in [1.29, 1.82) is 0 Å². The average Bonchev–Trinajstić information content (AvgIpc) is 2.61. The maximum absolute atomic E-state index is 12.4. The van der Waals surface area contributed by atoms with Crippen LogP contribution in [-0.4, -0.2) is 48.2 Å². The highest BCUT2D eigenvalue weighted by molar-refractivity contribution is 6.00. The third-order valence-corrected chi connectivity index (χ3v) is 4.18. The van der Waals surface area contributed by atoms with E-state index in [9.17, 15) is 4.79 Å². The number of fused-ring (bicyclic) bond motifs is 1. The third kappa shape index (κ3) is 3.42. The first-order chi connectivity index (χ1) is 11.2. The summed E-state index contributed by atoms with van der Waals surface area (Å²) in [6, 6.07) is 5.74. The SMILES string of the molecule is CC[C@@H](C)NC(=O)c1ccc2ncnc(N3CCOCC3)c2c1. The molecule has 1 aliphatic heterocycles. The van der Waals surface area contributed by atoms with Gasteiger partial charge >= 0.3 is 0 Å². The van der Waals surface area contributed by atoms with Gasteiger partial charge in [-0.05, 0) is 31.5 Å². The van der Waals surface area contributed by atoms with E-state index in [0.717, 1.165) is 36.2 Å². The molecule has 0 bridgehead atoms. The van der Waals surface area contributed by atoms with Crippen LogP contribution in [0.2, 0.25) is 0 Å². The molecule has 1 fully saturated rings. The number of anilines is 1. The van der Waals surface area contributed by atoms with Crippen LogP contribution in [0.5, 0.6) is 0 Å². The standard InChI is InChI=1S/C17H22N4O2/c1-3-12(2)20-17(22)13-4-5-15-14(10-13)16(19-11-18-15)21-6-8-23-9-7-21/h4-5,10-12H,3,6-9H2,1-2H3,(H,20,22)/t12-/m1/s1. The zero-order valence-corrected chi connectivity index (χ0v) is 13.6. The molecule has 23 heavy (non-hydrogen) atoms. The summed E-state index contributed by atoms with van der Waals surface area (Å²) in [5.41, 5.74) is 1.49. The van der Waals surface area contributed by atoms with Gasteiger partial charge in [0.05, 0.1) is 18.7 Å². The fraction of sp³-hybridized carbons (Fsp3) is 0.471. The molecule has 2 heterocycles. The molecule has 0 spiro atoms. The Morgan fingerprint density at radius 2 is 2.13 bits per heavy atom. The first kappa shape index (κ1) is 15.7. The van der Waals surface area contributed by atoms with Crippen molar-refractivity contribution in [3.63, 3.8) is 0 Å². The van der Waals surface area contributed by atoms with Crippen LogP contribution in [0.25, 0.3) is 10.9 Å². The van der Waals surface area contributed by atoms with Gasteiger partial charge in [-0.3, -0.25) is 4.79 Å². The van der Waals surface area contributed by atoms with Crippen LogP contribution >= 0.6 is 0 Å². The fourth-order valence-electron chi connectivity index (χ4n) is 2.62. The summed E-state index contributed by atoms with van der Waals surface area (Å²) >= 11 is 0. The number of hydrogen-bond acceptors (Lipinski definition) is 5. The van der Waals surface area contributed by atoms with Gasteiger partial charge in [-0.1, -0.05) is 6.92 Å². The summed E-state index contributed by atoms with van der Waals surface area (Å²) in [4.78, 5) is 23.3. The second-order valence-electron chi connectivity index (χ2n) is 5.81. The number of benzene rings is 1. The minimum absolute atomic E-state index is 0.0574. The molecule has 0 aliphatic carbocycles. The topological polar surface area (TPSA) is 67.4 Å². The molecule has 3 rings (SSSR count). The number of nitrogens with zero attached hydrogens (tertiary/aromatic N) is 3. The zero-order chi connectivity index (χ0) is 16.2. The number of rotatable bonds is 4. The van der Waals surface area contributed by atoms with Gasteiger partial charge in [0, 0.05) is 30.1 Å². The monoisotopic (exact) mass is 314 g/mol. The number of nitrogens with one attached hydrogen (secondary N) is 1. The van der Waals surface area contributed by atoms with Crippen LogP contribution < -0.4 is 10.2 Å². The van der Waals surface area contributed by atoms with Crippen molar-refractivity contribution in [3.8, 4) is 0 Å². The fourth-order valence-corrected chi connectivity index (χ4v) is 2.62. The molecule has 1 aliphatic rings. The predicted molar refractivity (Wildman–Crippen MR) is 89.8 cm³/mol. The van der Waals surface area contributed by atoms with Crippen molar-refractivity contribution in [3.05, 3.63) is 30.1 Å². The molecule has 122 valence electrons. The van der Waals surface area contributed by atoms with Crippen LogP contribution in [0.1, 0.15) is 30.6 Å². The minimum atomic E-state index is -0.0574. The Bertz CT molecular complexity index is 698. The first-order valence-corrected chi connectivity index (χ1v) is 8.07. The van der Waals surface area contributed by atoms with E-state index in [4.69, 9.17) is 4.74 Å². The molecule has 6 nitrogen and oxygen atoms in total. The number of carbonyl (C=O) groups excluding carboxylic acids is 1. The normalized spacial score (nSPS) is 16.3. The molecular formula is C17H22N4O2. The van der Waals surface area contributed by atoms with Gasteiger partial charge < -0.3 is 15.0 Å². The van der Waals surface area contributed by atoms with Crippen LogP contribution in [0.4, 0.5) is 5.82 Å². The van der Waals surface area contributed by atoms with Gasteiger partial charge in [-0.2, -0.15) is 0 Å². The lowest BCUT2D eigenvalue weighted by atomic mass is 10.1. The molecule has 6 heteroatoms.